The van der Waals surface area contributed by atoms with Crippen LogP contribution in [0.15, 0.2) is 30.9 Å². The predicted octanol–water partition coefficient (Wildman–Crippen LogP) is 3.90. The van der Waals surface area contributed by atoms with Crippen LogP contribution in [0, 0.1) is 0 Å². The third-order valence-electron chi connectivity index (χ3n) is 3.68. The molecule has 2 rings (SSSR count). The van der Waals surface area contributed by atoms with E-state index in [9.17, 15) is 0 Å². The normalized spacial score (nSPS) is 18.5. The van der Waals surface area contributed by atoms with Gasteiger partial charge in [0.1, 0.15) is 0 Å². The zero-order valence-corrected chi connectivity index (χ0v) is 13.2. The molecule has 1 aromatic rings. The van der Waals surface area contributed by atoms with Gasteiger partial charge in [0.25, 0.3) is 0 Å². The molecule has 0 spiro atoms. The Kier molecular flexibility index (Phi) is 6.12. The van der Waals surface area contributed by atoms with Gasteiger partial charge < -0.3 is 14.8 Å². The summed E-state index contributed by atoms with van der Waals surface area (Å²) in [5.74, 6) is 2.27. The van der Waals surface area contributed by atoms with E-state index in [1.807, 2.05) is 26.0 Å². The number of piperidine rings is 1. The molecule has 1 saturated heterocycles. The first-order chi connectivity index (χ1) is 10.2. The van der Waals surface area contributed by atoms with Gasteiger partial charge in [0.15, 0.2) is 11.5 Å². The van der Waals surface area contributed by atoms with E-state index in [1.54, 1.807) is 0 Å². The Morgan fingerprint density at radius 1 is 1.38 bits per heavy atom. The second kappa shape index (κ2) is 8.08. The van der Waals surface area contributed by atoms with Crippen LogP contribution in [0.5, 0.6) is 11.5 Å². The summed E-state index contributed by atoms with van der Waals surface area (Å²) in [6.07, 6.45) is 5.33. The van der Waals surface area contributed by atoms with Gasteiger partial charge >= 0.3 is 0 Å². The molecule has 0 saturated carbocycles. The molecular formula is C18H27NO2. The molecule has 1 aliphatic rings. The van der Waals surface area contributed by atoms with E-state index >= 15 is 0 Å². The molecule has 21 heavy (non-hydrogen) atoms. The van der Waals surface area contributed by atoms with E-state index in [0.29, 0.717) is 12.5 Å². The van der Waals surface area contributed by atoms with Crippen molar-refractivity contribution in [3.05, 3.63) is 36.4 Å². The van der Waals surface area contributed by atoms with E-state index in [-0.39, 0.29) is 6.10 Å². The van der Waals surface area contributed by atoms with Crippen molar-refractivity contribution in [2.45, 2.75) is 45.1 Å². The second-order valence-corrected chi connectivity index (χ2v) is 5.84. The summed E-state index contributed by atoms with van der Waals surface area (Å²) in [4.78, 5) is 0. The topological polar surface area (TPSA) is 30.5 Å². The number of benzene rings is 1. The molecule has 3 heteroatoms. The van der Waals surface area contributed by atoms with Crippen molar-refractivity contribution >= 4 is 0 Å². The average Bonchev–Trinajstić information content (AvgIpc) is 2.49. The lowest BCUT2D eigenvalue weighted by atomic mass is 9.91. The quantitative estimate of drug-likeness (QED) is 0.610. The number of ether oxygens (including phenoxy) is 2. The van der Waals surface area contributed by atoms with Crippen LogP contribution < -0.4 is 14.8 Å². The minimum atomic E-state index is 0.145. The van der Waals surface area contributed by atoms with Gasteiger partial charge in [-0.1, -0.05) is 12.1 Å². The van der Waals surface area contributed by atoms with Gasteiger partial charge in [-0.2, -0.15) is 0 Å². The van der Waals surface area contributed by atoms with Gasteiger partial charge in [0.05, 0.1) is 12.7 Å². The van der Waals surface area contributed by atoms with Crippen LogP contribution in [0.2, 0.25) is 0 Å². The lowest BCUT2D eigenvalue weighted by molar-refractivity contribution is 0.221. The Morgan fingerprint density at radius 3 is 2.90 bits per heavy atom. The van der Waals surface area contributed by atoms with E-state index in [0.717, 1.165) is 31.0 Å². The van der Waals surface area contributed by atoms with Crippen LogP contribution in [-0.2, 0) is 0 Å². The van der Waals surface area contributed by atoms with Crippen molar-refractivity contribution < 1.29 is 9.47 Å². The van der Waals surface area contributed by atoms with Gasteiger partial charge in [-0.15, -0.1) is 6.58 Å². The Hall–Kier alpha value is -1.48. The van der Waals surface area contributed by atoms with Crippen molar-refractivity contribution in [3.63, 3.8) is 0 Å². The van der Waals surface area contributed by atoms with Crippen LogP contribution in [0.4, 0.5) is 0 Å². The molecule has 0 aromatic heterocycles. The Labute approximate surface area is 128 Å². The molecule has 1 heterocycles. The van der Waals surface area contributed by atoms with Gasteiger partial charge in [-0.3, -0.25) is 0 Å². The monoisotopic (exact) mass is 289 g/mol. The van der Waals surface area contributed by atoms with Crippen molar-refractivity contribution in [2.75, 3.05) is 19.7 Å². The van der Waals surface area contributed by atoms with Crippen molar-refractivity contribution in [3.8, 4) is 11.5 Å². The molecule has 1 atom stereocenters. The first kappa shape index (κ1) is 15.9. The maximum atomic E-state index is 5.94. The summed E-state index contributed by atoms with van der Waals surface area (Å²) < 4.78 is 11.7. The lowest BCUT2D eigenvalue weighted by Crippen LogP contribution is -2.28. The Balaban J connectivity index is 2.14. The largest absolute Gasteiger partial charge is 0.489 e. The standard InChI is InChI=1S/C18H27NO2/c1-4-5-11-20-17-9-8-15(12-18(17)21-14(2)3)16-7-6-10-19-13-16/h4,8-9,12,14,16,19H,1,5-7,10-11,13H2,2-3H3. The molecule has 0 bridgehead atoms. The highest BCUT2D eigenvalue weighted by Crippen LogP contribution is 2.34. The molecule has 0 amide bonds. The Bertz CT molecular complexity index is 451. The van der Waals surface area contributed by atoms with Gasteiger partial charge in [-0.05, 0) is 63.3 Å². The summed E-state index contributed by atoms with van der Waals surface area (Å²) >= 11 is 0. The van der Waals surface area contributed by atoms with Crippen LogP contribution in [0.25, 0.3) is 0 Å². The molecule has 1 N–H and O–H groups in total. The van der Waals surface area contributed by atoms with Crippen LogP contribution >= 0.6 is 0 Å². The average molecular weight is 289 g/mol. The molecule has 1 aliphatic heterocycles. The number of nitrogens with one attached hydrogen (secondary N) is 1. The molecule has 1 fully saturated rings. The minimum absolute atomic E-state index is 0.145. The molecule has 116 valence electrons. The molecular weight excluding hydrogens is 262 g/mol. The fourth-order valence-electron chi connectivity index (χ4n) is 2.63. The van der Waals surface area contributed by atoms with E-state index in [2.05, 4.69) is 24.0 Å². The Morgan fingerprint density at radius 2 is 2.24 bits per heavy atom. The molecule has 1 unspecified atom stereocenters. The molecule has 1 aromatic carbocycles. The predicted molar refractivity (Wildman–Crippen MR) is 87.4 cm³/mol. The molecule has 0 aliphatic carbocycles. The van der Waals surface area contributed by atoms with Crippen LogP contribution in [0.1, 0.15) is 44.6 Å². The summed E-state index contributed by atoms with van der Waals surface area (Å²) in [7, 11) is 0. The third-order valence-corrected chi connectivity index (χ3v) is 3.68. The van der Waals surface area contributed by atoms with E-state index < -0.39 is 0 Å². The summed E-state index contributed by atoms with van der Waals surface area (Å²) in [6.45, 7) is 10.6. The maximum Gasteiger partial charge on any atom is 0.161 e. The zero-order valence-electron chi connectivity index (χ0n) is 13.2. The zero-order chi connectivity index (χ0) is 15.1. The van der Waals surface area contributed by atoms with Gasteiger partial charge in [-0.25, -0.2) is 0 Å². The number of rotatable bonds is 7. The fourth-order valence-corrected chi connectivity index (χ4v) is 2.63. The first-order valence-electron chi connectivity index (χ1n) is 7.95. The third kappa shape index (κ3) is 4.78. The van der Waals surface area contributed by atoms with Gasteiger partial charge in [0, 0.05) is 6.54 Å². The first-order valence-corrected chi connectivity index (χ1v) is 7.95. The number of hydrogen-bond acceptors (Lipinski definition) is 3. The smallest absolute Gasteiger partial charge is 0.161 e. The van der Waals surface area contributed by atoms with Crippen molar-refractivity contribution in [2.24, 2.45) is 0 Å². The summed E-state index contributed by atoms with van der Waals surface area (Å²) in [5, 5.41) is 3.47. The van der Waals surface area contributed by atoms with Crippen LogP contribution in [-0.4, -0.2) is 25.8 Å². The highest BCUT2D eigenvalue weighted by molar-refractivity contribution is 5.44. The minimum Gasteiger partial charge on any atom is -0.489 e. The van der Waals surface area contributed by atoms with E-state index in [4.69, 9.17) is 9.47 Å². The van der Waals surface area contributed by atoms with Crippen molar-refractivity contribution in [1.82, 2.24) is 5.32 Å². The fraction of sp³-hybridized carbons (Fsp3) is 0.556. The van der Waals surface area contributed by atoms with E-state index in [1.165, 1.54) is 18.4 Å². The number of hydrogen-bond donors (Lipinski definition) is 1. The SMILES string of the molecule is C=CCCOc1ccc(C2CCCNC2)cc1OC(C)C. The lowest BCUT2D eigenvalue weighted by Gasteiger charge is -2.24. The highest BCUT2D eigenvalue weighted by Gasteiger charge is 2.17. The van der Waals surface area contributed by atoms with Crippen molar-refractivity contribution in [1.29, 1.82) is 0 Å². The van der Waals surface area contributed by atoms with Crippen LogP contribution in [0.3, 0.4) is 0 Å². The van der Waals surface area contributed by atoms with Gasteiger partial charge in [0.2, 0.25) is 0 Å². The maximum absolute atomic E-state index is 5.94. The molecule has 0 radical (unpaired) electrons. The highest BCUT2D eigenvalue weighted by atomic mass is 16.5. The summed E-state index contributed by atoms with van der Waals surface area (Å²) in [5.41, 5.74) is 1.34. The summed E-state index contributed by atoms with van der Waals surface area (Å²) in [6, 6.07) is 6.37. The molecule has 3 nitrogen and oxygen atoms in total. The second-order valence-electron chi connectivity index (χ2n) is 5.84.